The molecule has 1 aliphatic rings. The van der Waals surface area contributed by atoms with Gasteiger partial charge in [0.05, 0.1) is 18.1 Å². The summed E-state index contributed by atoms with van der Waals surface area (Å²) in [6, 6.07) is 12.9. The molecule has 1 unspecified atom stereocenters. The van der Waals surface area contributed by atoms with Gasteiger partial charge in [-0.25, -0.2) is 4.98 Å². The van der Waals surface area contributed by atoms with E-state index in [9.17, 15) is 14.9 Å². The first kappa shape index (κ1) is 17.2. The molecule has 0 saturated carbocycles. The first-order valence-electron chi connectivity index (χ1n) is 8.64. The van der Waals surface area contributed by atoms with Gasteiger partial charge in [0.15, 0.2) is 0 Å². The zero-order valence-electron chi connectivity index (χ0n) is 14.7. The second-order valence-electron chi connectivity index (χ2n) is 6.44. The van der Waals surface area contributed by atoms with Crippen molar-refractivity contribution in [3.05, 3.63) is 80.3 Å². The Bertz CT molecular complexity index is 1080. The fraction of sp³-hybridized carbons (Fsp3) is 0.263. The van der Waals surface area contributed by atoms with Crippen LogP contribution < -0.4 is 10.5 Å². The molecule has 0 bridgehead atoms. The number of ether oxygens (including phenoxy) is 1. The molecular weight excluding hydrogens is 348 g/mol. The van der Waals surface area contributed by atoms with E-state index in [1.165, 1.54) is 10.6 Å². The maximum Gasteiger partial charge on any atom is 0.376 e. The number of anilines is 1. The monoisotopic (exact) mass is 366 g/mol. The lowest BCUT2D eigenvalue weighted by Gasteiger charge is -2.34. The summed E-state index contributed by atoms with van der Waals surface area (Å²) in [5.41, 5.74) is 1.30. The molecule has 2 aromatic heterocycles. The number of pyridine rings is 1. The van der Waals surface area contributed by atoms with E-state index in [1.54, 1.807) is 23.1 Å². The third kappa shape index (κ3) is 3.04. The van der Waals surface area contributed by atoms with E-state index < -0.39 is 16.2 Å². The van der Waals surface area contributed by atoms with Gasteiger partial charge in [-0.2, -0.15) is 0 Å². The standard InChI is InChI=1S/C19H18N4O4/c1-13-6-2-3-7-14(13)15-12-21(10-11-27-15)18-17(23(25)26)19(24)22-9-5-4-8-16(22)20-18/h2-9,15H,10-12H2,1H3. The van der Waals surface area contributed by atoms with E-state index >= 15 is 0 Å². The molecule has 1 aliphatic heterocycles. The highest BCUT2D eigenvalue weighted by molar-refractivity contribution is 5.61. The van der Waals surface area contributed by atoms with Gasteiger partial charge < -0.3 is 9.64 Å². The molecule has 0 spiro atoms. The number of benzene rings is 1. The van der Waals surface area contributed by atoms with E-state index in [0.29, 0.717) is 25.3 Å². The lowest BCUT2D eigenvalue weighted by atomic mass is 10.0. The largest absolute Gasteiger partial charge is 0.376 e. The molecule has 8 nitrogen and oxygen atoms in total. The molecule has 4 rings (SSSR count). The molecule has 1 fully saturated rings. The molecule has 0 radical (unpaired) electrons. The van der Waals surface area contributed by atoms with Crippen LogP contribution in [0.1, 0.15) is 17.2 Å². The summed E-state index contributed by atoms with van der Waals surface area (Å²) in [5, 5.41) is 11.6. The number of fused-ring (bicyclic) bond motifs is 1. The number of morpholine rings is 1. The number of nitrogens with zero attached hydrogens (tertiary/aromatic N) is 4. The van der Waals surface area contributed by atoms with E-state index in [4.69, 9.17) is 4.74 Å². The van der Waals surface area contributed by atoms with Crippen LogP contribution in [0.15, 0.2) is 53.5 Å². The van der Waals surface area contributed by atoms with Crippen molar-refractivity contribution < 1.29 is 9.66 Å². The van der Waals surface area contributed by atoms with Crippen LogP contribution in [0.3, 0.4) is 0 Å². The summed E-state index contributed by atoms with van der Waals surface area (Å²) >= 11 is 0. The minimum absolute atomic E-state index is 0.0954. The fourth-order valence-electron chi connectivity index (χ4n) is 3.43. The number of hydrogen-bond donors (Lipinski definition) is 0. The third-order valence-electron chi connectivity index (χ3n) is 4.78. The molecule has 1 atom stereocenters. The maximum absolute atomic E-state index is 12.7. The molecule has 27 heavy (non-hydrogen) atoms. The fourth-order valence-corrected chi connectivity index (χ4v) is 3.43. The summed E-state index contributed by atoms with van der Waals surface area (Å²) in [7, 11) is 0. The Morgan fingerprint density at radius 3 is 2.78 bits per heavy atom. The van der Waals surface area contributed by atoms with E-state index in [-0.39, 0.29) is 11.9 Å². The Kier molecular flexibility index (Phi) is 4.33. The smallest absolute Gasteiger partial charge is 0.370 e. The first-order valence-corrected chi connectivity index (χ1v) is 8.64. The van der Waals surface area contributed by atoms with Gasteiger partial charge in [-0.15, -0.1) is 0 Å². The van der Waals surface area contributed by atoms with Crippen molar-refractivity contribution in [2.75, 3.05) is 24.6 Å². The molecular formula is C19H18N4O4. The van der Waals surface area contributed by atoms with Crippen LogP contribution in [0.25, 0.3) is 5.65 Å². The van der Waals surface area contributed by atoms with Crippen LogP contribution in [0.2, 0.25) is 0 Å². The van der Waals surface area contributed by atoms with Crippen molar-refractivity contribution in [3.63, 3.8) is 0 Å². The molecule has 1 aromatic carbocycles. The Balaban J connectivity index is 1.79. The molecule has 8 heteroatoms. The van der Waals surface area contributed by atoms with E-state index in [0.717, 1.165) is 11.1 Å². The van der Waals surface area contributed by atoms with Gasteiger partial charge in [-0.3, -0.25) is 19.3 Å². The lowest BCUT2D eigenvalue weighted by molar-refractivity contribution is -0.385. The number of hydrogen-bond acceptors (Lipinski definition) is 6. The molecule has 0 aliphatic carbocycles. The Morgan fingerprint density at radius 1 is 1.22 bits per heavy atom. The summed E-state index contributed by atoms with van der Waals surface area (Å²) in [6.45, 7) is 3.21. The quantitative estimate of drug-likeness (QED) is 0.523. The van der Waals surface area contributed by atoms with Crippen LogP contribution >= 0.6 is 0 Å². The average molecular weight is 366 g/mol. The second kappa shape index (κ2) is 6.81. The zero-order chi connectivity index (χ0) is 19.0. The van der Waals surface area contributed by atoms with Gasteiger partial charge in [0.25, 0.3) is 0 Å². The van der Waals surface area contributed by atoms with Crippen LogP contribution in [-0.2, 0) is 4.74 Å². The molecule has 3 aromatic rings. The Labute approximate surface area is 154 Å². The summed E-state index contributed by atoms with van der Waals surface area (Å²) in [5.74, 6) is 0.0954. The highest BCUT2D eigenvalue weighted by atomic mass is 16.6. The van der Waals surface area contributed by atoms with Crippen molar-refractivity contribution in [3.8, 4) is 0 Å². The van der Waals surface area contributed by atoms with E-state index in [2.05, 4.69) is 4.98 Å². The molecule has 1 saturated heterocycles. The molecule has 0 amide bonds. The van der Waals surface area contributed by atoms with E-state index in [1.807, 2.05) is 31.2 Å². The Hall–Kier alpha value is -3.26. The van der Waals surface area contributed by atoms with Crippen molar-refractivity contribution >= 4 is 17.2 Å². The van der Waals surface area contributed by atoms with Gasteiger partial charge in [0.1, 0.15) is 11.8 Å². The molecule has 3 heterocycles. The number of aromatic nitrogens is 2. The topological polar surface area (TPSA) is 90.0 Å². The van der Waals surface area contributed by atoms with Gasteiger partial charge in [-0.05, 0) is 30.2 Å². The maximum atomic E-state index is 12.7. The van der Waals surface area contributed by atoms with Crippen LogP contribution in [0.4, 0.5) is 11.5 Å². The molecule has 0 N–H and O–H groups in total. The minimum atomic E-state index is -0.681. The second-order valence-corrected chi connectivity index (χ2v) is 6.44. The van der Waals surface area contributed by atoms with Crippen molar-refractivity contribution in [1.82, 2.24) is 9.38 Å². The number of rotatable bonds is 3. The van der Waals surface area contributed by atoms with Crippen LogP contribution in [0.5, 0.6) is 0 Å². The van der Waals surface area contributed by atoms with Crippen molar-refractivity contribution in [2.24, 2.45) is 0 Å². The molecule has 138 valence electrons. The number of nitro groups is 1. The third-order valence-corrected chi connectivity index (χ3v) is 4.78. The summed E-state index contributed by atoms with van der Waals surface area (Å²) in [6.07, 6.45) is 1.24. The van der Waals surface area contributed by atoms with Gasteiger partial charge in [-0.1, -0.05) is 30.3 Å². The van der Waals surface area contributed by atoms with Crippen molar-refractivity contribution in [1.29, 1.82) is 0 Å². The Morgan fingerprint density at radius 2 is 2.00 bits per heavy atom. The van der Waals surface area contributed by atoms with Gasteiger partial charge >= 0.3 is 11.2 Å². The first-order chi connectivity index (χ1) is 13.1. The van der Waals surface area contributed by atoms with Gasteiger partial charge in [0.2, 0.25) is 5.82 Å². The lowest BCUT2D eigenvalue weighted by Crippen LogP contribution is -2.40. The predicted octanol–water partition coefficient (Wildman–Crippen LogP) is 2.49. The normalized spacial score (nSPS) is 17.2. The summed E-state index contributed by atoms with van der Waals surface area (Å²) in [4.78, 5) is 29.8. The van der Waals surface area contributed by atoms with Crippen LogP contribution in [-0.4, -0.2) is 34.0 Å². The average Bonchev–Trinajstić information content (AvgIpc) is 2.68. The SMILES string of the molecule is Cc1ccccc1C1CN(c2nc3ccccn3c(=O)c2[N+](=O)[O-])CCO1. The predicted molar refractivity (Wildman–Crippen MR) is 100 cm³/mol. The zero-order valence-corrected chi connectivity index (χ0v) is 14.7. The highest BCUT2D eigenvalue weighted by Crippen LogP contribution is 2.30. The van der Waals surface area contributed by atoms with Gasteiger partial charge in [0, 0.05) is 12.7 Å². The minimum Gasteiger partial charge on any atom is -0.370 e. The van der Waals surface area contributed by atoms with Crippen LogP contribution in [0, 0.1) is 17.0 Å². The summed E-state index contributed by atoms with van der Waals surface area (Å²) < 4.78 is 7.09. The number of aryl methyl sites for hydroxylation is 1. The van der Waals surface area contributed by atoms with Crippen molar-refractivity contribution in [2.45, 2.75) is 13.0 Å². The highest BCUT2D eigenvalue weighted by Gasteiger charge is 2.32.